The van der Waals surface area contributed by atoms with Gasteiger partial charge in [0.2, 0.25) is 0 Å². The van der Waals surface area contributed by atoms with Gasteiger partial charge in [0.1, 0.15) is 0 Å². The van der Waals surface area contributed by atoms with E-state index in [0.29, 0.717) is 6.04 Å². The van der Waals surface area contributed by atoms with Crippen LogP contribution in [0.2, 0.25) is 0 Å². The van der Waals surface area contributed by atoms with Gasteiger partial charge >= 0.3 is 5.97 Å². The molecule has 0 amide bonds. The molecule has 1 aromatic carbocycles. The standard InChI is InChI=1S/C19H28N2O3/c1-23-19(22)15-6-8-17(9-7-15)20-14-16-4-2-3-5-18(16)21-10-12-24-13-11-21/h2-5,15,17,20H,6-14H2,1H3. The van der Waals surface area contributed by atoms with Gasteiger partial charge in [-0.3, -0.25) is 4.79 Å². The number of ether oxygens (including phenoxy) is 2. The molecule has 3 rings (SSSR count). The lowest BCUT2D eigenvalue weighted by Gasteiger charge is -2.32. The van der Waals surface area contributed by atoms with Crippen LogP contribution < -0.4 is 10.2 Å². The zero-order valence-electron chi connectivity index (χ0n) is 14.5. The molecule has 5 nitrogen and oxygen atoms in total. The summed E-state index contributed by atoms with van der Waals surface area (Å²) in [4.78, 5) is 14.0. The summed E-state index contributed by atoms with van der Waals surface area (Å²) in [6.07, 6.45) is 3.93. The molecule has 0 unspecified atom stereocenters. The van der Waals surface area contributed by atoms with Gasteiger partial charge in [-0.1, -0.05) is 18.2 Å². The van der Waals surface area contributed by atoms with Crippen LogP contribution in [0.5, 0.6) is 0 Å². The van der Waals surface area contributed by atoms with Crippen molar-refractivity contribution < 1.29 is 14.3 Å². The Labute approximate surface area is 144 Å². The number of carbonyl (C=O) groups excluding carboxylic acids is 1. The Balaban J connectivity index is 1.53. The number of morpholine rings is 1. The van der Waals surface area contributed by atoms with Gasteiger partial charge in [0.15, 0.2) is 0 Å². The molecule has 1 N–H and O–H groups in total. The summed E-state index contributed by atoms with van der Waals surface area (Å²) in [5.74, 6) is 0.0415. The molecule has 5 heteroatoms. The number of hydrogen-bond acceptors (Lipinski definition) is 5. The number of para-hydroxylation sites is 1. The van der Waals surface area contributed by atoms with Crippen LogP contribution in [-0.2, 0) is 20.8 Å². The second kappa shape index (κ2) is 8.49. The third-order valence-electron chi connectivity index (χ3n) is 5.19. The maximum absolute atomic E-state index is 11.6. The molecule has 1 saturated heterocycles. The molecule has 0 bridgehead atoms. The molecule has 132 valence electrons. The van der Waals surface area contributed by atoms with E-state index in [0.717, 1.165) is 58.5 Å². The summed E-state index contributed by atoms with van der Waals surface area (Å²) in [7, 11) is 1.48. The molecule has 1 aliphatic carbocycles. The fourth-order valence-corrected chi connectivity index (χ4v) is 3.73. The molecule has 0 aromatic heterocycles. The summed E-state index contributed by atoms with van der Waals surface area (Å²) < 4.78 is 10.3. The van der Waals surface area contributed by atoms with Crippen molar-refractivity contribution in [3.8, 4) is 0 Å². The van der Waals surface area contributed by atoms with E-state index in [1.54, 1.807) is 0 Å². The fraction of sp³-hybridized carbons (Fsp3) is 0.632. The topological polar surface area (TPSA) is 50.8 Å². The lowest BCUT2D eigenvalue weighted by Crippen LogP contribution is -2.38. The minimum Gasteiger partial charge on any atom is -0.469 e. The summed E-state index contributed by atoms with van der Waals surface area (Å²) >= 11 is 0. The first-order valence-electron chi connectivity index (χ1n) is 8.99. The molecule has 24 heavy (non-hydrogen) atoms. The minimum atomic E-state index is -0.0499. The molecule has 0 radical (unpaired) electrons. The van der Waals surface area contributed by atoms with Gasteiger partial charge in [-0.2, -0.15) is 0 Å². The van der Waals surface area contributed by atoms with Crippen molar-refractivity contribution in [2.45, 2.75) is 38.3 Å². The Morgan fingerprint density at radius 2 is 1.92 bits per heavy atom. The monoisotopic (exact) mass is 332 g/mol. The second-order valence-electron chi connectivity index (χ2n) is 6.68. The van der Waals surface area contributed by atoms with Crippen molar-refractivity contribution in [1.29, 1.82) is 0 Å². The highest BCUT2D eigenvalue weighted by Crippen LogP contribution is 2.26. The van der Waals surface area contributed by atoms with Gasteiger partial charge in [-0.05, 0) is 37.3 Å². The summed E-state index contributed by atoms with van der Waals surface area (Å²) in [5.41, 5.74) is 2.66. The number of nitrogens with one attached hydrogen (secondary N) is 1. The highest BCUT2D eigenvalue weighted by atomic mass is 16.5. The number of hydrogen-bond donors (Lipinski definition) is 1. The summed E-state index contributed by atoms with van der Waals surface area (Å²) in [6, 6.07) is 9.11. The van der Waals surface area contributed by atoms with Crippen LogP contribution in [0, 0.1) is 5.92 Å². The van der Waals surface area contributed by atoms with E-state index in [1.165, 1.54) is 18.4 Å². The predicted molar refractivity (Wildman–Crippen MR) is 94.1 cm³/mol. The highest BCUT2D eigenvalue weighted by molar-refractivity contribution is 5.72. The average Bonchev–Trinajstić information content (AvgIpc) is 2.67. The smallest absolute Gasteiger partial charge is 0.308 e. The Kier molecular flexibility index (Phi) is 6.10. The van der Waals surface area contributed by atoms with Crippen molar-refractivity contribution in [3.63, 3.8) is 0 Å². The first-order valence-corrected chi connectivity index (χ1v) is 8.99. The molecular formula is C19H28N2O3. The van der Waals surface area contributed by atoms with E-state index < -0.39 is 0 Å². The molecule has 0 spiro atoms. The number of rotatable bonds is 5. The fourth-order valence-electron chi connectivity index (χ4n) is 3.73. The quantitative estimate of drug-likeness (QED) is 0.839. The van der Waals surface area contributed by atoms with Crippen LogP contribution in [0.3, 0.4) is 0 Å². The maximum Gasteiger partial charge on any atom is 0.308 e. The van der Waals surface area contributed by atoms with Crippen LogP contribution in [-0.4, -0.2) is 45.4 Å². The van der Waals surface area contributed by atoms with Crippen molar-refractivity contribution >= 4 is 11.7 Å². The zero-order valence-corrected chi connectivity index (χ0v) is 14.5. The van der Waals surface area contributed by atoms with Crippen molar-refractivity contribution in [1.82, 2.24) is 5.32 Å². The first kappa shape index (κ1) is 17.2. The van der Waals surface area contributed by atoms with Gasteiger partial charge in [0, 0.05) is 31.4 Å². The van der Waals surface area contributed by atoms with E-state index in [1.807, 2.05) is 0 Å². The average molecular weight is 332 g/mol. The Hall–Kier alpha value is -1.59. The van der Waals surface area contributed by atoms with Crippen LogP contribution in [0.15, 0.2) is 24.3 Å². The SMILES string of the molecule is COC(=O)C1CCC(NCc2ccccc2N2CCOCC2)CC1. The van der Waals surface area contributed by atoms with E-state index in [9.17, 15) is 4.79 Å². The number of anilines is 1. The van der Waals surface area contributed by atoms with E-state index in [2.05, 4.69) is 34.5 Å². The summed E-state index contributed by atoms with van der Waals surface area (Å²) in [6.45, 7) is 4.40. The lowest BCUT2D eigenvalue weighted by molar-refractivity contribution is -0.146. The summed E-state index contributed by atoms with van der Waals surface area (Å²) in [5, 5.41) is 3.68. The van der Waals surface area contributed by atoms with Crippen LogP contribution in [0.1, 0.15) is 31.2 Å². The molecular weight excluding hydrogens is 304 g/mol. The third-order valence-corrected chi connectivity index (χ3v) is 5.19. The minimum absolute atomic E-state index is 0.0499. The van der Waals surface area contributed by atoms with Crippen LogP contribution in [0.4, 0.5) is 5.69 Å². The third kappa shape index (κ3) is 4.28. The van der Waals surface area contributed by atoms with Gasteiger partial charge in [0.25, 0.3) is 0 Å². The Morgan fingerprint density at radius 3 is 2.62 bits per heavy atom. The van der Waals surface area contributed by atoms with Gasteiger partial charge < -0.3 is 19.7 Å². The molecule has 1 saturated carbocycles. The highest BCUT2D eigenvalue weighted by Gasteiger charge is 2.26. The number of methoxy groups -OCH3 is 1. The molecule has 1 aromatic rings. The molecule has 1 heterocycles. The zero-order chi connectivity index (χ0) is 16.8. The lowest BCUT2D eigenvalue weighted by atomic mass is 9.86. The number of nitrogens with zero attached hydrogens (tertiary/aromatic N) is 1. The second-order valence-corrected chi connectivity index (χ2v) is 6.68. The Bertz CT molecular complexity index is 535. The number of carbonyl (C=O) groups is 1. The van der Waals surface area contributed by atoms with Crippen molar-refractivity contribution in [2.75, 3.05) is 38.3 Å². The normalized spacial score (nSPS) is 24.6. The molecule has 0 atom stereocenters. The Morgan fingerprint density at radius 1 is 1.21 bits per heavy atom. The number of esters is 1. The largest absolute Gasteiger partial charge is 0.469 e. The van der Waals surface area contributed by atoms with Crippen molar-refractivity contribution in [2.24, 2.45) is 5.92 Å². The first-order chi connectivity index (χ1) is 11.8. The maximum atomic E-state index is 11.6. The van der Waals surface area contributed by atoms with Gasteiger partial charge in [0.05, 0.1) is 26.2 Å². The van der Waals surface area contributed by atoms with Crippen LogP contribution in [0.25, 0.3) is 0 Å². The van der Waals surface area contributed by atoms with Gasteiger partial charge in [-0.15, -0.1) is 0 Å². The van der Waals surface area contributed by atoms with E-state index in [-0.39, 0.29) is 11.9 Å². The van der Waals surface area contributed by atoms with E-state index in [4.69, 9.17) is 9.47 Å². The van der Waals surface area contributed by atoms with Crippen LogP contribution >= 0.6 is 0 Å². The predicted octanol–water partition coefficient (Wildman–Crippen LogP) is 2.34. The molecule has 1 aliphatic heterocycles. The van der Waals surface area contributed by atoms with Crippen molar-refractivity contribution in [3.05, 3.63) is 29.8 Å². The van der Waals surface area contributed by atoms with Gasteiger partial charge in [-0.25, -0.2) is 0 Å². The number of benzene rings is 1. The van der Waals surface area contributed by atoms with E-state index >= 15 is 0 Å². The molecule has 2 aliphatic rings. The molecule has 2 fully saturated rings.